The van der Waals surface area contributed by atoms with Crippen LogP contribution in [0, 0.1) is 0 Å². The Morgan fingerprint density at radius 3 is 2.35 bits per heavy atom. The minimum Gasteiger partial charge on any atom is -0.410 e. The number of amides is 1. The number of benzene rings is 1. The van der Waals surface area contributed by atoms with Gasteiger partial charge in [-0.2, -0.15) is 0 Å². The topological polar surface area (TPSA) is 29.5 Å². The van der Waals surface area contributed by atoms with Gasteiger partial charge in [-0.25, -0.2) is 4.79 Å². The zero-order valence-corrected chi connectivity index (χ0v) is 12.5. The monoisotopic (exact) mass is 275 g/mol. The molecule has 0 spiro atoms. The van der Waals surface area contributed by atoms with Crippen molar-refractivity contribution in [2.75, 3.05) is 34.2 Å². The quantitative estimate of drug-likeness (QED) is 0.590. The molecule has 1 amide bonds. The number of nitrogens with zero attached hydrogens (tertiary/aromatic N) is 2. The first-order valence-corrected chi connectivity index (χ1v) is 6.49. The molecule has 0 aliphatic heterocycles. The van der Waals surface area contributed by atoms with Crippen LogP contribution in [0.2, 0.25) is 0 Å². The molecule has 0 radical (unpaired) electrons. The van der Waals surface area contributed by atoms with Crippen LogP contribution in [0.4, 0.5) is 10.5 Å². The van der Waals surface area contributed by atoms with Crippen molar-refractivity contribution >= 4 is 11.8 Å². The van der Waals surface area contributed by atoms with Crippen LogP contribution < -0.4 is 9.22 Å². The fourth-order valence-corrected chi connectivity index (χ4v) is 1.66. The molecule has 0 atom stereocenters. The second kappa shape index (κ2) is 6.91. The average molecular weight is 275 g/mol. The summed E-state index contributed by atoms with van der Waals surface area (Å²) in [5, 5.41) is 0. The summed E-state index contributed by atoms with van der Waals surface area (Å²) >= 11 is 0. The Kier molecular flexibility index (Phi) is 5.53. The maximum absolute atomic E-state index is 12.1. The summed E-state index contributed by atoms with van der Waals surface area (Å²) < 4.78 is 6.06. The lowest BCUT2D eigenvalue weighted by molar-refractivity contribution is 0.162. The van der Waals surface area contributed by atoms with E-state index in [4.69, 9.17) is 4.74 Å². The van der Waals surface area contributed by atoms with E-state index < -0.39 is 6.09 Å². The summed E-state index contributed by atoms with van der Waals surface area (Å²) in [7, 11) is 6.17. The second-order valence-corrected chi connectivity index (χ2v) is 5.36. The second-order valence-electron chi connectivity index (χ2n) is 5.36. The van der Waals surface area contributed by atoms with Crippen LogP contribution in [0.15, 0.2) is 49.6 Å². The third-order valence-corrected chi connectivity index (χ3v) is 2.75. The molecule has 0 saturated carbocycles. The smallest absolute Gasteiger partial charge is 0.410 e. The molecule has 1 aromatic carbocycles. The van der Waals surface area contributed by atoms with Crippen molar-refractivity contribution in [3.8, 4) is 5.75 Å². The first-order chi connectivity index (χ1) is 9.38. The molecule has 0 heterocycles. The van der Waals surface area contributed by atoms with E-state index in [1.807, 2.05) is 18.2 Å². The van der Waals surface area contributed by atoms with Gasteiger partial charge < -0.3 is 9.64 Å². The Bertz CT molecular complexity index is 479. The lowest BCUT2D eigenvalue weighted by atomic mass is 10.2. The molecule has 0 N–H and O–H groups in total. The van der Waals surface area contributed by atoms with Crippen molar-refractivity contribution in [2.24, 2.45) is 0 Å². The molecule has 0 saturated heterocycles. The summed E-state index contributed by atoms with van der Waals surface area (Å²) in [5.41, 5.74) is 1.06. The van der Waals surface area contributed by atoms with E-state index in [0.717, 1.165) is 5.69 Å². The third kappa shape index (κ3) is 4.55. The predicted molar refractivity (Wildman–Crippen MR) is 84.0 cm³/mol. The van der Waals surface area contributed by atoms with Gasteiger partial charge in [0.25, 0.3) is 0 Å². The molecule has 0 aliphatic carbocycles. The summed E-state index contributed by atoms with van der Waals surface area (Å²) in [5.74, 6) is 0.540. The normalized spacial score (nSPS) is 10.8. The molecule has 0 aliphatic rings. The van der Waals surface area contributed by atoms with E-state index in [1.165, 1.54) is 4.90 Å². The average Bonchev–Trinajstić information content (AvgIpc) is 2.38. The minimum absolute atomic E-state index is 0.400. The van der Waals surface area contributed by atoms with E-state index in [1.54, 1.807) is 18.2 Å². The number of quaternary nitrogens is 1. The van der Waals surface area contributed by atoms with Crippen molar-refractivity contribution in [3.05, 3.63) is 49.6 Å². The van der Waals surface area contributed by atoms with E-state index >= 15 is 0 Å². The highest BCUT2D eigenvalue weighted by atomic mass is 16.6. The molecule has 108 valence electrons. The highest BCUT2D eigenvalue weighted by Crippen LogP contribution is 2.23. The standard InChI is InChI=1S/C16H23N2O2/c1-6-11-17(12-7-2)16(19)20-15-10-8-9-14(13-15)18(3,4)5/h6-10,13H,1-2,11-12H2,3-5H3/q+1. The van der Waals surface area contributed by atoms with Crippen LogP contribution in [0.25, 0.3) is 0 Å². The van der Waals surface area contributed by atoms with Crippen LogP contribution in [-0.2, 0) is 0 Å². The third-order valence-electron chi connectivity index (χ3n) is 2.75. The van der Waals surface area contributed by atoms with Crippen LogP contribution in [0.1, 0.15) is 0 Å². The van der Waals surface area contributed by atoms with Crippen molar-refractivity contribution in [3.63, 3.8) is 0 Å². The van der Waals surface area contributed by atoms with Crippen LogP contribution in [0.5, 0.6) is 5.75 Å². The van der Waals surface area contributed by atoms with Gasteiger partial charge in [-0.15, -0.1) is 13.2 Å². The number of hydrogen-bond acceptors (Lipinski definition) is 2. The number of hydrogen-bond donors (Lipinski definition) is 0. The first-order valence-electron chi connectivity index (χ1n) is 6.49. The van der Waals surface area contributed by atoms with E-state index in [2.05, 4.69) is 34.3 Å². The highest BCUT2D eigenvalue weighted by Gasteiger charge is 2.16. The Hall–Kier alpha value is -2.07. The fraction of sp³-hybridized carbons (Fsp3) is 0.312. The molecule has 0 unspecified atom stereocenters. The summed E-state index contributed by atoms with van der Waals surface area (Å²) in [6.45, 7) is 8.13. The zero-order chi connectivity index (χ0) is 15.2. The van der Waals surface area contributed by atoms with Crippen molar-refractivity contribution in [1.29, 1.82) is 0 Å². The van der Waals surface area contributed by atoms with E-state index in [9.17, 15) is 4.79 Å². The van der Waals surface area contributed by atoms with Gasteiger partial charge in [0.15, 0.2) is 0 Å². The maximum Gasteiger partial charge on any atom is 0.415 e. The number of rotatable bonds is 6. The first kappa shape index (κ1) is 16.0. The SMILES string of the molecule is C=CCN(CC=C)C(=O)Oc1cccc([N+](C)(C)C)c1. The van der Waals surface area contributed by atoms with Gasteiger partial charge in [0.05, 0.1) is 21.1 Å². The molecule has 0 bridgehead atoms. The van der Waals surface area contributed by atoms with E-state index in [-0.39, 0.29) is 0 Å². The lowest BCUT2D eigenvalue weighted by Gasteiger charge is -2.24. The largest absolute Gasteiger partial charge is 0.415 e. The number of carbonyl (C=O) groups is 1. The lowest BCUT2D eigenvalue weighted by Crippen LogP contribution is -2.35. The predicted octanol–water partition coefficient (Wildman–Crippen LogP) is 3.06. The van der Waals surface area contributed by atoms with Crippen molar-refractivity contribution < 1.29 is 9.53 Å². The Labute approximate surface area is 121 Å². The molecule has 0 aromatic heterocycles. The van der Waals surface area contributed by atoms with Crippen LogP contribution >= 0.6 is 0 Å². The van der Waals surface area contributed by atoms with Crippen LogP contribution in [-0.4, -0.2) is 45.2 Å². The molecular formula is C16H23N2O2+. The fourth-order valence-electron chi connectivity index (χ4n) is 1.66. The van der Waals surface area contributed by atoms with Gasteiger partial charge in [0.1, 0.15) is 11.4 Å². The van der Waals surface area contributed by atoms with E-state index in [0.29, 0.717) is 23.3 Å². The molecule has 20 heavy (non-hydrogen) atoms. The van der Waals surface area contributed by atoms with Crippen molar-refractivity contribution in [1.82, 2.24) is 9.38 Å². The molecular weight excluding hydrogens is 252 g/mol. The summed E-state index contributed by atoms with van der Waals surface area (Å²) in [6.07, 6.45) is 2.92. The summed E-state index contributed by atoms with van der Waals surface area (Å²) in [4.78, 5) is 13.6. The van der Waals surface area contributed by atoms with Gasteiger partial charge in [-0.05, 0) is 12.1 Å². The van der Waals surface area contributed by atoms with Gasteiger partial charge in [0, 0.05) is 19.2 Å². The van der Waals surface area contributed by atoms with Gasteiger partial charge in [-0.1, -0.05) is 18.2 Å². The zero-order valence-electron chi connectivity index (χ0n) is 12.5. The van der Waals surface area contributed by atoms with Gasteiger partial charge in [-0.3, -0.25) is 4.48 Å². The van der Waals surface area contributed by atoms with Crippen molar-refractivity contribution in [2.45, 2.75) is 0 Å². The maximum atomic E-state index is 12.1. The Morgan fingerprint density at radius 2 is 1.85 bits per heavy atom. The minimum atomic E-state index is -0.400. The Balaban J connectivity index is 2.84. The molecule has 4 heteroatoms. The molecule has 0 fully saturated rings. The molecule has 1 rings (SSSR count). The highest BCUT2D eigenvalue weighted by molar-refractivity contribution is 5.71. The number of carbonyl (C=O) groups excluding carboxylic acids is 1. The van der Waals surface area contributed by atoms with Gasteiger partial charge >= 0.3 is 6.09 Å². The Morgan fingerprint density at radius 1 is 1.25 bits per heavy atom. The summed E-state index contributed by atoms with van der Waals surface area (Å²) in [6, 6.07) is 7.53. The number of ether oxygens (including phenoxy) is 1. The van der Waals surface area contributed by atoms with Gasteiger partial charge in [0.2, 0.25) is 0 Å². The molecule has 4 nitrogen and oxygen atoms in total. The van der Waals surface area contributed by atoms with Crippen LogP contribution in [0.3, 0.4) is 0 Å². The molecule has 1 aromatic rings.